The molecule has 0 bridgehead atoms. The largest absolute Gasteiger partial charge is 0.465 e. The molecule has 2 aliphatic rings. The van der Waals surface area contributed by atoms with Gasteiger partial charge < -0.3 is 4.74 Å². The number of hydrogen-bond donors (Lipinski definition) is 0. The Balaban J connectivity index is 1.61. The lowest BCUT2D eigenvalue weighted by molar-refractivity contribution is -0.384. The van der Waals surface area contributed by atoms with Crippen LogP contribution in [0.1, 0.15) is 23.3 Å². The second kappa shape index (κ2) is 9.88. The molecule has 1 aromatic heterocycles. The first-order chi connectivity index (χ1) is 17.7. The highest BCUT2D eigenvalue weighted by molar-refractivity contribution is 9.10. The van der Waals surface area contributed by atoms with Crippen LogP contribution in [0.3, 0.4) is 0 Å². The standard InChI is InChI=1S/C24H18BrN3O7S2/c1-2-35-16(29)11-26-23-20(37-24(26)32)17(12-3-5-13(25)6-4-12)18-19(36-23)22(31)27(21(18)30)14-7-9-15(10-8-14)28(33)34/h3-10,17-19H,2,11H2,1H3/t17-,18-,19+/m0/s1. The molecule has 2 amide bonds. The minimum Gasteiger partial charge on any atom is -0.465 e. The number of esters is 1. The Labute approximate surface area is 226 Å². The van der Waals surface area contributed by atoms with E-state index in [1.54, 1.807) is 6.92 Å². The zero-order valence-corrected chi connectivity index (χ0v) is 22.4. The quantitative estimate of drug-likeness (QED) is 0.179. The lowest BCUT2D eigenvalue weighted by atomic mass is 9.83. The summed E-state index contributed by atoms with van der Waals surface area (Å²) in [6.07, 6.45) is 0. The molecule has 0 saturated carbocycles. The summed E-state index contributed by atoms with van der Waals surface area (Å²) in [5, 5.41) is 10.7. The number of carbonyl (C=O) groups excluding carboxylic acids is 3. The first-order valence-electron chi connectivity index (χ1n) is 11.1. The van der Waals surface area contributed by atoms with Gasteiger partial charge in [-0.3, -0.25) is 33.9 Å². The number of halogens is 1. The number of thioether (sulfide) groups is 1. The van der Waals surface area contributed by atoms with Crippen molar-refractivity contribution in [3.63, 3.8) is 0 Å². The number of aromatic nitrogens is 1. The molecule has 10 nitrogen and oxygen atoms in total. The smallest absolute Gasteiger partial charge is 0.326 e. The lowest BCUT2D eigenvalue weighted by Crippen LogP contribution is -2.32. The summed E-state index contributed by atoms with van der Waals surface area (Å²) in [6, 6.07) is 12.5. The number of benzene rings is 2. The van der Waals surface area contributed by atoms with E-state index in [9.17, 15) is 29.3 Å². The van der Waals surface area contributed by atoms with Crippen molar-refractivity contribution < 1.29 is 24.0 Å². The molecule has 0 aliphatic carbocycles. The highest BCUT2D eigenvalue weighted by Crippen LogP contribution is 2.54. The summed E-state index contributed by atoms with van der Waals surface area (Å²) < 4.78 is 7.16. The molecule has 2 aliphatic heterocycles. The Morgan fingerprint density at radius 1 is 1.08 bits per heavy atom. The second-order valence-electron chi connectivity index (χ2n) is 8.31. The fourth-order valence-electron chi connectivity index (χ4n) is 4.60. The van der Waals surface area contributed by atoms with Crippen molar-refractivity contribution in [3.8, 4) is 0 Å². The van der Waals surface area contributed by atoms with Crippen molar-refractivity contribution in [1.82, 2.24) is 4.57 Å². The zero-order chi connectivity index (χ0) is 26.4. The monoisotopic (exact) mass is 603 g/mol. The van der Waals surface area contributed by atoms with Crippen LogP contribution in [0.25, 0.3) is 0 Å². The highest BCUT2D eigenvalue weighted by atomic mass is 79.9. The van der Waals surface area contributed by atoms with E-state index in [2.05, 4.69) is 15.9 Å². The first-order valence-corrected chi connectivity index (χ1v) is 13.6. The van der Waals surface area contributed by atoms with Gasteiger partial charge in [-0.05, 0) is 36.8 Å². The molecular weight excluding hydrogens is 586 g/mol. The van der Waals surface area contributed by atoms with Gasteiger partial charge in [-0.15, -0.1) is 0 Å². The van der Waals surface area contributed by atoms with Gasteiger partial charge in [0, 0.05) is 27.4 Å². The van der Waals surface area contributed by atoms with Crippen LogP contribution >= 0.6 is 39.0 Å². The molecule has 2 aromatic carbocycles. The number of ether oxygens (including phenoxy) is 1. The number of nitro benzene ring substituents is 1. The molecule has 0 unspecified atom stereocenters. The molecule has 5 rings (SSSR count). The summed E-state index contributed by atoms with van der Waals surface area (Å²) in [5.41, 5.74) is 0.820. The van der Waals surface area contributed by atoms with E-state index in [0.29, 0.717) is 9.90 Å². The van der Waals surface area contributed by atoms with E-state index < -0.39 is 39.8 Å². The van der Waals surface area contributed by atoms with Crippen LogP contribution in [0, 0.1) is 16.0 Å². The third-order valence-corrected chi connectivity index (χ3v) is 9.32. The Kier molecular flexibility index (Phi) is 6.77. The van der Waals surface area contributed by atoms with Gasteiger partial charge in [0.15, 0.2) is 0 Å². The molecule has 3 aromatic rings. The Hall–Kier alpha value is -3.29. The molecule has 0 N–H and O–H groups in total. The molecule has 13 heteroatoms. The first kappa shape index (κ1) is 25.4. The van der Waals surface area contributed by atoms with E-state index in [0.717, 1.165) is 38.0 Å². The van der Waals surface area contributed by atoms with Crippen LogP contribution < -0.4 is 9.77 Å². The number of hydrogen-bond acceptors (Lipinski definition) is 9. The van der Waals surface area contributed by atoms with Crippen LogP contribution in [0.5, 0.6) is 0 Å². The van der Waals surface area contributed by atoms with E-state index in [4.69, 9.17) is 4.74 Å². The maximum atomic E-state index is 13.8. The molecular formula is C24H18BrN3O7S2. The lowest BCUT2D eigenvalue weighted by Gasteiger charge is -2.30. The number of rotatable bonds is 6. The molecule has 0 radical (unpaired) electrons. The number of thiazole rings is 1. The number of imide groups is 1. The number of non-ortho nitro benzene ring substituents is 1. The maximum Gasteiger partial charge on any atom is 0.326 e. The third-order valence-electron chi connectivity index (χ3n) is 6.19. The van der Waals surface area contributed by atoms with Crippen molar-refractivity contribution in [2.24, 2.45) is 5.92 Å². The summed E-state index contributed by atoms with van der Waals surface area (Å²) in [6.45, 7) is 1.53. The van der Waals surface area contributed by atoms with Gasteiger partial charge in [-0.2, -0.15) is 0 Å². The maximum absolute atomic E-state index is 13.8. The Bertz CT molecular complexity index is 1480. The number of nitrogens with zero attached hydrogens (tertiary/aromatic N) is 3. The van der Waals surface area contributed by atoms with Gasteiger partial charge in [-0.25, -0.2) is 4.90 Å². The molecule has 190 valence electrons. The van der Waals surface area contributed by atoms with Crippen LogP contribution in [0.4, 0.5) is 11.4 Å². The molecule has 1 saturated heterocycles. The average molecular weight is 604 g/mol. The molecule has 0 spiro atoms. The Morgan fingerprint density at radius 2 is 1.76 bits per heavy atom. The van der Waals surface area contributed by atoms with Gasteiger partial charge in [0.2, 0.25) is 11.8 Å². The van der Waals surface area contributed by atoms with Crippen LogP contribution in [-0.4, -0.2) is 39.1 Å². The molecule has 3 heterocycles. The number of fused-ring (bicyclic) bond motifs is 2. The van der Waals surface area contributed by atoms with Crippen molar-refractivity contribution in [1.29, 1.82) is 0 Å². The minimum absolute atomic E-state index is 0.160. The predicted octanol–water partition coefficient (Wildman–Crippen LogP) is 3.94. The molecule has 37 heavy (non-hydrogen) atoms. The number of amides is 2. The predicted molar refractivity (Wildman–Crippen MR) is 140 cm³/mol. The minimum atomic E-state index is -0.855. The SMILES string of the molecule is CCOC(=O)Cn1c2c(sc1=O)[C@@H](c1ccc(Br)cc1)[C@@H]1C(=O)N(c3ccc([N+](=O)[O-])cc3)C(=O)[C@@H]1S2. The summed E-state index contributed by atoms with van der Waals surface area (Å²) >= 11 is 5.45. The normalized spacial score (nSPS) is 20.5. The van der Waals surface area contributed by atoms with E-state index >= 15 is 0 Å². The number of nitro groups is 1. The Morgan fingerprint density at radius 3 is 2.38 bits per heavy atom. The number of anilines is 1. The van der Waals surface area contributed by atoms with Crippen molar-refractivity contribution >= 4 is 68.2 Å². The second-order valence-corrected chi connectivity index (χ2v) is 11.3. The van der Waals surface area contributed by atoms with Gasteiger partial charge in [0.25, 0.3) is 5.69 Å². The van der Waals surface area contributed by atoms with Crippen molar-refractivity contribution in [3.05, 3.63) is 83.2 Å². The van der Waals surface area contributed by atoms with Crippen molar-refractivity contribution in [2.45, 2.75) is 29.7 Å². The fraction of sp³-hybridized carbons (Fsp3) is 0.250. The third kappa shape index (κ3) is 4.40. The van der Waals surface area contributed by atoms with Crippen LogP contribution in [0.15, 0.2) is 62.8 Å². The van der Waals surface area contributed by atoms with E-state index in [-0.39, 0.29) is 29.4 Å². The fourth-order valence-corrected chi connectivity index (χ4v) is 7.64. The topological polar surface area (TPSA) is 129 Å². The zero-order valence-electron chi connectivity index (χ0n) is 19.2. The van der Waals surface area contributed by atoms with Crippen LogP contribution in [0.2, 0.25) is 0 Å². The van der Waals surface area contributed by atoms with Gasteiger partial charge in [0.1, 0.15) is 11.8 Å². The summed E-state index contributed by atoms with van der Waals surface area (Å²) in [5.74, 6) is -2.92. The van der Waals surface area contributed by atoms with Crippen LogP contribution in [-0.2, 0) is 25.7 Å². The van der Waals surface area contributed by atoms with E-state index in [1.165, 1.54) is 28.8 Å². The van der Waals surface area contributed by atoms with Crippen molar-refractivity contribution in [2.75, 3.05) is 11.5 Å². The summed E-state index contributed by atoms with van der Waals surface area (Å²) in [7, 11) is 0. The number of carbonyl (C=O) groups is 3. The van der Waals surface area contributed by atoms with Gasteiger partial charge >= 0.3 is 10.8 Å². The van der Waals surface area contributed by atoms with Gasteiger partial charge in [-0.1, -0.05) is 51.2 Å². The highest BCUT2D eigenvalue weighted by Gasteiger charge is 2.56. The molecule has 1 fully saturated rings. The van der Waals surface area contributed by atoms with Gasteiger partial charge in [0.05, 0.1) is 28.2 Å². The molecule has 3 atom stereocenters. The van der Waals surface area contributed by atoms with E-state index in [1.807, 2.05) is 24.3 Å². The average Bonchev–Trinajstić information content (AvgIpc) is 3.31. The summed E-state index contributed by atoms with van der Waals surface area (Å²) in [4.78, 5) is 64.4.